The Kier molecular flexibility index (Phi) is 6.71. The summed E-state index contributed by atoms with van der Waals surface area (Å²) in [5.74, 6) is 0.991. The molecule has 0 fully saturated rings. The first kappa shape index (κ1) is 22.1. The summed E-state index contributed by atoms with van der Waals surface area (Å²) in [6.07, 6.45) is -0.805. The van der Waals surface area contributed by atoms with Crippen molar-refractivity contribution in [3.05, 3.63) is 100 Å². The second-order valence-electron chi connectivity index (χ2n) is 7.41. The molecule has 1 atom stereocenters. The van der Waals surface area contributed by atoms with Gasteiger partial charge in [0.15, 0.2) is 6.61 Å². The van der Waals surface area contributed by atoms with Crippen molar-refractivity contribution < 1.29 is 23.8 Å². The number of para-hydroxylation sites is 1. The third-order valence-corrected chi connectivity index (χ3v) is 5.00. The number of aliphatic hydroxyl groups excluding tert-OH is 1. The molecule has 0 aliphatic heterocycles. The maximum absolute atomic E-state index is 12.9. The van der Waals surface area contributed by atoms with Crippen LogP contribution in [0.1, 0.15) is 17.4 Å². The third-order valence-electron chi connectivity index (χ3n) is 5.00. The van der Waals surface area contributed by atoms with Gasteiger partial charge in [-0.1, -0.05) is 48.5 Å². The van der Waals surface area contributed by atoms with Crippen molar-refractivity contribution in [2.45, 2.75) is 13.0 Å². The molecule has 0 aliphatic rings. The minimum atomic E-state index is -0.805. The van der Waals surface area contributed by atoms with E-state index in [1.54, 1.807) is 49.4 Å². The maximum atomic E-state index is 12.9. The third kappa shape index (κ3) is 5.39. The van der Waals surface area contributed by atoms with E-state index in [1.165, 1.54) is 0 Å². The Morgan fingerprint density at radius 2 is 1.70 bits per heavy atom. The Labute approximate surface area is 190 Å². The van der Waals surface area contributed by atoms with Crippen molar-refractivity contribution in [1.82, 2.24) is 5.32 Å². The fourth-order valence-corrected chi connectivity index (χ4v) is 3.29. The minimum Gasteiger partial charge on any atom is -0.484 e. The molecule has 7 nitrogen and oxygen atoms in total. The van der Waals surface area contributed by atoms with Crippen LogP contribution in [0.15, 0.2) is 88.1 Å². The normalized spacial score (nSPS) is 11.7. The van der Waals surface area contributed by atoms with Gasteiger partial charge in [-0.3, -0.25) is 9.59 Å². The molecule has 0 saturated carbocycles. The number of hydrogen-bond acceptors (Lipinski definition) is 6. The first-order valence-corrected chi connectivity index (χ1v) is 10.4. The molecule has 0 aliphatic carbocycles. The predicted octanol–water partition coefficient (Wildman–Crippen LogP) is 4.12. The van der Waals surface area contributed by atoms with Crippen LogP contribution in [-0.4, -0.2) is 24.2 Å². The van der Waals surface area contributed by atoms with E-state index in [-0.39, 0.29) is 30.2 Å². The van der Waals surface area contributed by atoms with Crippen LogP contribution in [0.5, 0.6) is 17.2 Å². The lowest BCUT2D eigenvalue weighted by Crippen LogP contribution is -2.32. The fraction of sp³-hybridized carbons (Fsp3) is 0.154. The van der Waals surface area contributed by atoms with Crippen molar-refractivity contribution in [2.24, 2.45) is 0 Å². The summed E-state index contributed by atoms with van der Waals surface area (Å²) >= 11 is 0. The average molecular weight is 445 g/mol. The minimum absolute atomic E-state index is 0.0716. The number of amides is 1. The summed E-state index contributed by atoms with van der Waals surface area (Å²) in [7, 11) is 0. The fourth-order valence-electron chi connectivity index (χ4n) is 3.29. The van der Waals surface area contributed by atoms with E-state index < -0.39 is 6.10 Å². The van der Waals surface area contributed by atoms with Crippen LogP contribution in [0.4, 0.5) is 0 Å². The first-order valence-electron chi connectivity index (χ1n) is 10.4. The maximum Gasteiger partial charge on any atom is 0.258 e. The van der Waals surface area contributed by atoms with E-state index in [0.717, 1.165) is 0 Å². The van der Waals surface area contributed by atoms with Gasteiger partial charge in [-0.05, 0) is 36.8 Å². The summed E-state index contributed by atoms with van der Waals surface area (Å²) in [6, 6.07) is 22.8. The van der Waals surface area contributed by atoms with Crippen LogP contribution in [0.2, 0.25) is 0 Å². The molecule has 0 bridgehead atoms. The Morgan fingerprint density at radius 3 is 2.42 bits per heavy atom. The number of aliphatic hydroxyl groups is 1. The Morgan fingerprint density at radius 1 is 1.00 bits per heavy atom. The summed E-state index contributed by atoms with van der Waals surface area (Å²) in [6.45, 7) is 1.48. The molecule has 0 saturated heterocycles. The molecule has 4 aromatic rings. The Bertz CT molecular complexity index is 1300. The lowest BCUT2D eigenvalue weighted by Gasteiger charge is -2.13. The number of fused-ring (bicyclic) bond motifs is 1. The number of nitrogens with one attached hydrogen (secondary N) is 1. The molecule has 1 aromatic heterocycles. The highest BCUT2D eigenvalue weighted by molar-refractivity contribution is 5.80. The zero-order valence-electron chi connectivity index (χ0n) is 18.0. The summed E-state index contributed by atoms with van der Waals surface area (Å²) in [5.41, 5.74) is 0.751. The molecular weight excluding hydrogens is 422 g/mol. The van der Waals surface area contributed by atoms with Gasteiger partial charge in [0.25, 0.3) is 5.91 Å². The smallest absolute Gasteiger partial charge is 0.258 e. The van der Waals surface area contributed by atoms with Crippen LogP contribution in [-0.2, 0) is 4.79 Å². The van der Waals surface area contributed by atoms with E-state index in [4.69, 9.17) is 13.9 Å². The van der Waals surface area contributed by atoms with Crippen LogP contribution in [0.3, 0.4) is 0 Å². The van der Waals surface area contributed by atoms with E-state index in [2.05, 4.69) is 5.32 Å². The molecule has 3 aromatic carbocycles. The summed E-state index contributed by atoms with van der Waals surface area (Å²) in [4.78, 5) is 25.0. The highest BCUT2D eigenvalue weighted by Gasteiger charge is 2.15. The largest absolute Gasteiger partial charge is 0.484 e. The number of benzene rings is 3. The molecule has 168 valence electrons. The molecule has 1 heterocycles. The molecule has 2 N–H and O–H groups in total. The van der Waals surface area contributed by atoms with Crippen molar-refractivity contribution in [2.75, 3.05) is 13.2 Å². The van der Waals surface area contributed by atoms with Gasteiger partial charge in [0, 0.05) is 12.6 Å². The second-order valence-corrected chi connectivity index (χ2v) is 7.41. The quantitative estimate of drug-likeness (QED) is 0.423. The predicted molar refractivity (Wildman–Crippen MR) is 124 cm³/mol. The number of carbonyl (C=O) groups excluding carboxylic acids is 1. The lowest BCUT2D eigenvalue weighted by atomic mass is 10.1. The molecule has 0 unspecified atom stereocenters. The lowest BCUT2D eigenvalue weighted by molar-refractivity contribution is -0.123. The van der Waals surface area contributed by atoms with Gasteiger partial charge in [0.05, 0.1) is 11.5 Å². The van der Waals surface area contributed by atoms with E-state index in [0.29, 0.717) is 33.8 Å². The van der Waals surface area contributed by atoms with Crippen LogP contribution >= 0.6 is 0 Å². The van der Waals surface area contributed by atoms with Crippen molar-refractivity contribution >= 4 is 16.9 Å². The van der Waals surface area contributed by atoms with E-state index in [1.807, 2.05) is 36.4 Å². The van der Waals surface area contributed by atoms with E-state index >= 15 is 0 Å². The second kappa shape index (κ2) is 10.0. The number of carbonyl (C=O) groups is 1. The molecule has 1 amide bonds. The number of hydrogen-bond donors (Lipinski definition) is 2. The van der Waals surface area contributed by atoms with Gasteiger partial charge in [0.1, 0.15) is 22.8 Å². The standard InChI is InChI=1S/C26H23NO6/c1-17-26(33-19-10-6-3-7-11-19)25(30)21-13-12-20(14-23(21)32-17)31-16-24(29)27-15-22(28)18-8-4-2-5-9-18/h2-14,22,28H,15-16H2,1H3,(H,27,29)/t22-/m0/s1. The van der Waals surface area contributed by atoms with Crippen molar-refractivity contribution in [1.29, 1.82) is 0 Å². The average Bonchev–Trinajstić information content (AvgIpc) is 2.84. The Hall–Kier alpha value is -4.10. The van der Waals surface area contributed by atoms with Crippen LogP contribution in [0, 0.1) is 6.92 Å². The summed E-state index contributed by atoms with van der Waals surface area (Å²) < 4.78 is 17.0. The van der Waals surface area contributed by atoms with Gasteiger partial charge >= 0.3 is 0 Å². The van der Waals surface area contributed by atoms with Gasteiger partial charge in [-0.25, -0.2) is 0 Å². The number of ether oxygens (including phenoxy) is 2. The van der Waals surface area contributed by atoms with Crippen LogP contribution < -0.4 is 20.2 Å². The molecule has 4 rings (SSSR count). The van der Waals surface area contributed by atoms with E-state index in [9.17, 15) is 14.7 Å². The Balaban J connectivity index is 1.40. The zero-order valence-corrected chi connectivity index (χ0v) is 18.0. The zero-order chi connectivity index (χ0) is 23.2. The monoisotopic (exact) mass is 445 g/mol. The summed E-state index contributed by atoms with van der Waals surface area (Å²) in [5, 5.41) is 13.1. The molecule has 0 spiro atoms. The van der Waals surface area contributed by atoms with Gasteiger partial charge in [-0.2, -0.15) is 0 Å². The van der Waals surface area contributed by atoms with Gasteiger partial charge < -0.3 is 24.3 Å². The van der Waals surface area contributed by atoms with Crippen LogP contribution in [0.25, 0.3) is 11.0 Å². The number of rotatable bonds is 8. The highest BCUT2D eigenvalue weighted by Crippen LogP contribution is 2.27. The highest BCUT2D eigenvalue weighted by atomic mass is 16.5. The topological polar surface area (TPSA) is 98.0 Å². The van der Waals surface area contributed by atoms with Gasteiger partial charge in [0.2, 0.25) is 11.2 Å². The first-order chi connectivity index (χ1) is 16.0. The molecule has 7 heteroatoms. The SMILES string of the molecule is Cc1oc2cc(OCC(=O)NC[C@H](O)c3ccccc3)ccc2c(=O)c1Oc1ccccc1. The number of aryl methyl sites for hydroxylation is 1. The van der Waals surface area contributed by atoms with Crippen molar-refractivity contribution in [3.8, 4) is 17.2 Å². The molecule has 33 heavy (non-hydrogen) atoms. The molecule has 0 radical (unpaired) electrons. The van der Waals surface area contributed by atoms with Crippen molar-refractivity contribution in [3.63, 3.8) is 0 Å². The van der Waals surface area contributed by atoms with Gasteiger partial charge in [-0.15, -0.1) is 0 Å². The molecular formula is C26H23NO6.